The predicted octanol–water partition coefficient (Wildman–Crippen LogP) is 4.38. The van der Waals surface area contributed by atoms with Crippen molar-refractivity contribution >= 4 is 23.5 Å². The van der Waals surface area contributed by atoms with Crippen LogP contribution < -0.4 is 10.6 Å². The van der Waals surface area contributed by atoms with Gasteiger partial charge in [-0.3, -0.25) is 9.80 Å². The van der Waals surface area contributed by atoms with Gasteiger partial charge in [0.15, 0.2) is 0 Å². The summed E-state index contributed by atoms with van der Waals surface area (Å²) in [6.45, 7) is 0. The lowest BCUT2D eigenvalue weighted by molar-refractivity contribution is -0.137. The Labute approximate surface area is 163 Å². The molecule has 0 spiro atoms. The van der Waals surface area contributed by atoms with Gasteiger partial charge in [0.25, 0.3) is 5.56 Å². The molecule has 3 rings (SSSR count). The highest BCUT2D eigenvalue weighted by Gasteiger charge is 2.30. The SMILES string of the molecule is CN(/N=C/c1ccccc1)c1cnn(-c2cccc(C(F)(F)F)c2)c(=O)c1Cl. The van der Waals surface area contributed by atoms with Gasteiger partial charge in [-0.15, -0.1) is 0 Å². The summed E-state index contributed by atoms with van der Waals surface area (Å²) in [6.07, 6.45) is -1.68. The lowest BCUT2D eigenvalue weighted by atomic mass is 10.2. The fourth-order valence-electron chi connectivity index (χ4n) is 2.40. The Bertz CT molecular complexity index is 1060. The average molecular weight is 407 g/mol. The molecule has 0 aliphatic heterocycles. The first kappa shape index (κ1) is 19.6. The molecule has 0 saturated carbocycles. The molecule has 0 saturated heterocycles. The molecule has 0 bridgehead atoms. The number of hydrogen-bond donors (Lipinski definition) is 0. The van der Waals surface area contributed by atoms with Gasteiger partial charge in [-0.05, 0) is 23.8 Å². The summed E-state index contributed by atoms with van der Waals surface area (Å²) >= 11 is 6.14. The molecule has 28 heavy (non-hydrogen) atoms. The van der Waals surface area contributed by atoms with Gasteiger partial charge in [-0.25, -0.2) is 0 Å². The van der Waals surface area contributed by atoms with Crippen LogP contribution in [-0.2, 0) is 6.18 Å². The van der Waals surface area contributed by atoms with Crippen LogP contribution in [0.4, 0.5) is 18.9 Å². The molecule has 9 heteroatoms. The Kier molecular flexibility index (Phi) is 5.51. The third-order valence-electron chi connectivity index (χ3n) is 3.85. The zero-order chi connectivity index (χ0) is 20.3. The summed E-state index contributed by atoms with van der Waals surface area (Å²) in [6, 6.07) is 13.6. The standard InChI is InChI=1S/C19H14ClF3N4O/c1-26(24-11-13-6-3-2-4-7-13)16-12-25-27(18(28)17(16)20)15-9-5-8-14(10-15)19(21,22)23/h2-12H,1H3/b24-11+. The number of hydrazone groups is 1. The van der Waals surface area contributed by atoms with Crippen LogP contribution in [0.3, 0.4) is 0 Å². The monoisotopic (exact) mass is 406 g/mol. The number of benzene rings is 2. The van der Waals surface area contributed by atoms with Crippen LogP contribution in [-0.4, -0.2) is 23.0 Å². The summed E-state index contributed by atoms with van der Waals surface area (Å²) in [4.78, 5) is 12.5. The Morgan fingerprint density at radius 1 is 1.14 bits per heavy atom. The van der Waals surface area contributed by atoms with Crippen molar-refractivity contribution in [3.63, 3.8) is 0 Å². The first-order chi connectivity index (χ1) is 13.3. The van der Waals surface area contributed by atoms with Crippen molar-refractivity contribution in [1.29, 1.82) is 0 Å². The summed E-state index contributed by atoms with van der Waals surface area (Å²) < 4.78 is 39.5. The van der Waals surface area contributed by atoms with E-state index >= 15 is 0 Å². The summed E-state index contributed by atoms with van der Waals surface area (Å²) in [5.41, 5.74) is -0.606. The molecule has 0 fully saturated rings. The summed E-state index contributed by atoms with van der Waals surface area (Å²) in [5, 5.41) is 9.30. The van der Waals surface area contributed by atoms with E-state index in [1.165, 1.54) is 23.3 Å². The van der Waals surface area contributed by atoms with E-state index in [0.717, 1.165) is 22.4 Å². The highest BCUT2D eigenvalue weighted by Crippen LogP contribution is 2.30. The molecule has 1 heterocycles. The van der Waals surface area contributed by atoms with Crippen molar-refractivity contribution in [1.82, 2.24) is 9.78 Å². The second-order valence-corrected chi connectivity index (χ2v) is 6.17. The molecule has 144 valence electrons. The van der Waals surface area contributed by atoms with Crippen molar-refractivity contribution in [2.45, 2.75) is 6.18 Å². The quantitative estimate of drug-likeness (QED) is 0.477. The minimum atomic E-state index is -4.53. The zero-order valence-electron chi connectivity index (χ0n) is 14.6. The lowest BCUT2D eigenvalue weighted by Crippen LogP contribution is -2.24. The number of nitrogens with zero attached hydrogens (tertiary/aromatic N) is 4. The molecule has 0 N–H and O–H groups in total. The minimum Gasteiger partial charge on any atom is -0.266 e. The highest BCUT2D eigenvalue weighted by molar-refractivity contribution is 6.33. The topological polar surface area (TPSA) is 50.5 Å². The van der Waals surface area contributed by atoms with E-state index in [0.29, 0.717) is 0 Å². The maximum atomic E-state index is 12.9. The molecule has 1 aromatic heterocycles. The second kappa shape index (κ2) is 7.85. The molecule has 0 aliphatic rings. The first-order valence-electron chi connectivity index (χ1n) is 8.05. The molecule has 0 radical (unpaired) electrons. The number of rotatable bonds is 4. The first-order valence-corrected chi connectivity index (χ1v) is 8.43. The lowest BCUT2D eigenvalue weighted by Gasteiger charge is -2.15. The van der Waals surface area contributed by atoms with Crippen molar-refractivity contribution < 1.29 is 13.2 Å². The van der Waals surface area contributed by atoms with Crippen LogP contribution in [0.2, 0.25) is 5.02 Å². The van der Waals surface area contributed by atoms with E-state index in [4.69, 9.17) is 11.6 Å². The maximum Gasteiger partial charge on any atom is 0.416 e. The molecule has 5 nitrogen and oxygen atoms in total. The van der Waals surface area contributed by atoms with Gasteiger partial charge >= 0.3 is 6.18 Å². The summed E-state index contributed by atoms with van der Waals surface area (Å²) in [5.74, 6) is 0. The Morgan fingerprint density at radius 2 is 1.86 bits per heavy atom. The maximum absolute atomic E-state index is 12.9. The molecular formula is C19H14ClF3N4O. The van der Waals surface area contributed by atoms with Gasteiger partial charge in [0.2, 0.25) is 0 Å². The smallest absolute Gasteiger partial charge is 0.266 e. The number of alkyl halides is 3. The molecule has 0 amide bonds. The fraction of sp³-hybridized carbons (Fsp3) is 0.105. The third-order valence-corrected chi connectivity index (χ3v) is 4.20. The molecule has 0 aliphatic carbocycles. The van der Waals surface area contributed by atoms with Gasteiger partial charge in [0.05, 0.1) is 23.7 Å². The minimum absolute atomic E-state index is 0.0382. The van der Waals surface area contributed by atoms with Crippen LogP contribution in [0.15, 0.2) is 70.7 Å². The van der Waals surface area contributed by atoms with Crippen LogP contribution in [0.25, 0.3) is 5.69 Å². The van der Waals surface area contributed by atoms with Crippen molar-refractivity contribution in [3.8, 4) is 5.69 Å². The third kappa shape index (κ3) is 4.23. The van der Waals surface area contributed by atoms with Gasteiger partial charge < -0.3 is 0 Å². The number of hydrogen-bond acceptors (Lipinski definition) is 4. The van der Waals surface area contributed by atoms with E-state index in [1.54, 1.807) is 13.3 Å². The normalized spacial score (nSPS) is 11.8. The second-order valence-electron chi connectivity index (χ2n) is 5.79. The largest absolute Gasteiger partial charge is 0.416 e. The average Bonchev–Trinajstić information content (AvgIpc) is 2.68. The van der Waals surface area contributed by atoms with Crippen LogP contribution >= 0.6 is 11.6 Å². The van der Waals surface area contributed by atoms with Crippen LogP contribution in [0, 0.1) is 0 Å². The van der Waals surface area contributed by atoms with E-state index in [9.17, 15) is 18.0 Å². The van der Waals surface area contributed by atoms with Crippen molar-refractivity contribution in [2.24, 2.45) is 5.10 Å². The fourth-order valence-corrected chi connectivity index (χ4v) is 2.65. The molecule has 0 atom stereocenters. The number of halogens is 4. The van der Waals surface area contributed by atoms with E-state index in [-0.39, 0.29) is 16.4 Å². The Balaban J connectivity index is 1.94. The Morgan fingerprint density at radius 3 is 2.54 bits per heavy atom. The van der Waals surface area contributed by atoms with Crippen LogP contribution in [0.1, 0.15) is 11.1 Å². The molecular weight excluding hydrogens is 393 g/mol. The van der Waals surface area contributed by atoms with Gasteiger partial charge in [0, 0.05) is 7.05 Å². The van der Waals surface area contributed by atoms with Crippen LogP contribution in [0.5, 0.6) is 0 Å². The molecule has 3 aromatic rings. The van der Waals surface area contributed by atoms with Gasteiger partial charge in [-0.1, -0.05) is 48.0 Å². The molecule has 2 aromatic carbocycles. The van der Waals surface area contributed by atoms with E-state index < -0.39 is 17.3 Å². The van der Waals surface area contributed by atoms with Gasteiger partial charge in [0.1, 0.15) is 10.7 Å². The van der Waals surface area contributed by atoms with Crippen molar-refractivity contribution in [2.75, 3.05) is 12.1 Å². The highest BCUT2D eigenvalue weighted by atomic mass is 35.5. The van der Waals surface area contributed by atoms with E-state index in [1.807, 2.05) is 30.3 Å². The number of aromatic nitrogens is 2. The van der Waals surface area contributed by atoms with Gasteiger partial charge in [-0.2, -0.15) is 28.1 Å². The van der Waals surface area contributed by atoms with E-state index in [2.05, 4.69) is 10.2 Å². The molecule has 0 unspecified atom stereocenters. The Hall–Kier alpha value is -3.13. The number of anilines is 1. The zero-order valence-corrected chi connectivity index (χ0v) is 15.3. The predicted molar refractivity (Wildman–Crippen MR) is 102 cm³/mol. The van der Waals surface area contributed by atoms with Crippen molar-refractivity contribution in [3.05, 3.63) is 87.3 Å². The summed E-state index contributed by atoms with van der Waals surface area (Å²) in [7, 11) is 1.58.